The fraction of sp³-hybridized carbons (Fsp3) is 0.269. The maximum absolute atomic E-state index is 15.5. The van der Waals surface area contributed by atoms with Crippen LogP contribution in [0.15, 0.2) is 42.6 Å². The first-order valence-electron chi connectivity index (χ1n) is 11.9. The predicted octanol–water partition coefficient (Wildman–Crippen LogP) is 6.30. The van der Waals surface area contributed by atoms with E-state index in [2.05, 4.69) is 15.6 Å². The number of anilines is 4. The number of aliphatic carboxylic acids is 1. The first kappa shape index (κ1) is 27.6. The van der Waals surface area contributed by atoms with E-state index < -0.39 is 29.3 Å². The van der Waals surface area contributed by atoms with Crippen LogP contribution >= 0.6 is 23.2 Å². The van der Waals surface area contributed by atoms with Crippen LogP contribution in [0.25, 0.3) is 11.1 Å². The number of aromatic nitrogens is 1. The van der Waals surface area contributed by atoms with Crippen LogP contribution in [0.4, 0.5) is 36.5 Å². The topological polar surface area (TPSA) is 97.8 Å². The minimum atomic E-state index is -0.950. The maximum atomic E-state index is 15.5. The van der Waals surface area contributed by atoms with Crippen molar-refractivity contribution in [1.29, 1.82) is 0 Å². The molecule has 2 amide bonds. The molecule has 0 fully saturated rings. The standard InChI is InChI=1S/C26H25Cl2F2N5O3/c1-2-34-25-19(10-16(28)14-33-25)18-6-5-15(27)11-22(18)35(26(34)38)24-20(29)12-17(13-21(24)30)32-9-8-31-7-3-4-23(36)37/h5-6,10-14,31-32H,2-4,7-9H2,1H3,(H,36,37). The monoisotopic (exact) mass is 563 g/mol. The van der Waals surface area contributed by atoms with Gasteiger partial charge in [0.25, 0.3) is 0 Å². The van der Waals surface area contributed by atoms with Gasteiger partial charge in [0.1, 0.15) is 11.5 Å². The summed E-state index contributed by atoms with van der Waals surface area (Å²) in [6.07, 6.45) is 1.94. The smallest absolute Gasteiger partial charge is 0.334 e. The molecule has 1 aromatic heterocycles. The highest BCUT2D eigenvalue weighted by Gasteiger charge is 2.36. The SMILES string of the molecule is CCN1C(=O)N(c2c(F)cc(NCCNCCCC(=O)O)cc2F)c2cc(Cl)ccc2-c2cc(Cl)cnc21. The molecule has 12 heteroatoms. The molecule has 0 bridgehead atoms. The Balaban J connectivity index is 1.66. The molecule has 0 aliphatic carbocycles. The lowest BCUT2D eigenvalue weighted by Crippen LogP contribution is -2.41. The number of urea groups is 1. The molecule has 1 aliphatic rings. The fourth-order valence-electron chi connectivity index (χ4n) is 4.24. The minimum Gasteiger partial charge on any atom is -0.481 e. The van der Waals surface area contributed by atoms with Crippen LogP contribution < -0.4 is 20.4 Å². The number of carbonyl (C=O) groups excluding carboxylic acids is 1. The van der Waals surface area contributed by atoms with Crippen LogP contribution in [-0.2, 0) is 4.79 Å². The van der Waals surface area contributed by atoms with Gasteiger partial charge >= 0.3 is 12.0 Å². The number of halogens is 4. The number of benzene rings is 2. The van der Waals surface area contributed by atoms with Crippen molar-refractivity contribution in [2.75, 3.05) is 41.3 Å². The van der Waals surface area contributed by atoms with Crippen LogP contribution in [0.1, 0.15) is 19.8 Å². The van der Waals surface area contributed by atoms with Gasteiger partial charge in [0.2, 0.25) is 0 Å². The van der Waals surface area contributed by atoms with E-state index in [1.807, 2.05) is 0 Å². The Kier molecular flexibility index (Phi) is 8.65. The Bertz CT molecular complexity index is 1350. The third-order valence-electron chi connectivity index (χ3n) is 5.93. The van der Waals surface area contributed by atoms with Gasteiger partial charge in [0.15, 0.2) is 11.6 Å². The largest absolute Gasteiger partial charge is 0.481 e. The van der Waals surface area contributed by atoms with Gasteiger partial charge in [-0.05, 0) is 50.2 Å². The number of hydrogen-bond donors (Lipinski definition) is 3. The zero-order valence-electron chi connectivity index (χ0n) is 20.4. The van der Waals surface area contributed by atoms with Crippen LogP contribution in [0.2, 0.25) is 10.0 Å². The van der Waals surface area contributed by atoms with Crippen LogP contribution in [0, 0.1) is 11.6 Å². The van der Waals surface area contributed by atoms with E-state index in [9.17, 15) is 9.59 Å². The Morgan fingerprint density at radius 3 is 2.45 bits per heavy atom. The number of nitrogens with zero attached hydrogens (tertiary/aromatic N) is 3. The molecule has 200 valence electrons. The molecule has 38 heavy (non-hydrogen) atoms. The molecule has 0 saturated heterocycles. The zero-order chi connectivity index (χ0) is 27.4. The third kappa shape index (κ3) is 5.82. The number of pyridine rings is 1. The van der Waals surface area contributed by atoms with Crippen molar-refractivity contribution in [3.8, 4) is 11.1 Å². The average Bonchev–Trinajstić information content (AvgIpc) is 2.95. The van der Waals surface area contributed by atoms with E-state index in [0.29, 0.717) is 48.0 Å². The molecular formula is C26H25Cl2F2N5O3. The molecule has 3 aromatic rings. The lowest BCUT2D eigenvalue weighted by atomic mass is 10.0. The minimum absolute atomic E-state index is 0.0610. The van der Waals surface area contributed by atoms with E-state index in [4.69, 9.17) is 28.3 Å². The summed E-state index contributed by atoms with van der Waals surface area (Å²) in [6.45, 7) is 3.22. The van der Waals surface area contributed by atoms with Gasteiger partial charge < -0.3 is 15.7 Å². The summed E-state index contributed by atoms with van der Waals surface area (Å²) in [5, 5.41) is 15.3. The van der Waals surface area contributed by atoms with Crippen molar-refractivity contribution < 1.29 is 23.5 Å². The molecule has 0 saturated carbocycles. The molecule has 8 nitrogen and oxygen atoms in total. The van der Waals surface area contributed by atoms with Crippen molar-refractivity contribution in [2.45, 2.75) is 19.8 Å². The molecule has 1 aliphatic heterocycles. The number of rotatable bonds is 10. The van der Waals surface area contributed by atoms with Gasteiger partial charge in [-0.3, -0.25) is 14.6 Å². The summed E-state index contributed by atoms with van der Waals surface area (Å²) >= 11 is 12.5. The molecule has 4 rings (SSSR count). The fourth-order valence-corrected chi connectivity index (χ4v) is 4.57. The van der Waals surface area contributed by atoms with Crippen LogP contribution in [0.5, 0.6) is 0 Å². The van der Waals surface area contributed by atoms with Gasteiger partial charge in [-0.2, -0.15) is 0 Å². The first-order valence-corrected chi connectivity index (χ1v) is 12.7. The van der Waals surface area contributed by atoms with Crippen molar-refractivity contribution in [3.05, 3.63) is 64.3 Å². The van der Waals surface area contributed by atoms with E-state index in [-0.39, 0.29) is 29.4 Å². The van der Waals surface area contributed by atoms with E-state index in [0.717, 1.165) is 17.0 Å². The summed E-state index contributed by atoms with van der Waals surface area (Å²) < 4.78 is 31.1. The third-order valence-corrected chi connectivity index (χ3v) is 6.38. The van der Waals surface area contributed by atoms with Crippen molar-refractivity contribution in [1.82, 2.24) is 10.3 Å². The summed E-state index contributed by atoms with van der Waals surface area (Å²) in [7, 11) is 0. The highest BCUT2D eigenvalue weighted by Crippen LogP contribution is 2.46. The normalized spacial score (nSPS) is 12.7. The number of nitrogens with one attached hydrogen (secondary N) is 2. The molecule has 0 atom stereocenters. The van der Waals surface area contributed by atoms with Gasteiger partial charge in [0, 0.05) is 54.1 Å². The van der Waals surface area contributed by atoms with Crippen LogP contribution in [0.3, 0.4) is 0 Å². The molecular weight excluding hydrogens is 539 g/mol. The second kappa shape index (κ2) is 11.9. The average molecular weight is 564 g/mol. The van der Waals surface area contributed by atoms with Gasteiger partial charge in [-0.1, -0.05) is 29.3 Å². The van der Waals surface area contributed by atoms with E-state index in [1.165, 1.54) is 17.2 Å². The lowest BCUT2D eigenvalue weighted by molar-refractivity contribution is -0.137. The van der Waals surface area contributed by atoms with Gasteiger partial charge in [0.05, 0.1) is 10.7 Å². The molecule has 0 radical (unpaired) electrons. The number of carbonyl (C=O) groups is 2. The van der Waals surface area contributed by atoms with Crippen molar-refractivity contribution in [2.24, 2.45) is 0 Å². The second-order valence-electron chi connectivity index (χ2n) is 8.51. The number of carboxylic acid groups (broad SMARTS) is 1. The predicted molar refractivity (Wildman–Crippen MR) is 145 cm³/mol. The van der Waals surface area contributed by atoms with E-state index in [1.54, 1.807) is 25.1 Å². The van der Waals surface area contributed by atoms with E-state index >= 15 is 8.78 Å². The number of hydrogen-bond acceptors (Lipinski definition) is 5. The van der Waals surface area contributed by atoms with Crippen molar-refractivity contribution >= 4 is 58.1 Å². The Morgan fingerprint density at radius 1 is 1.03 bits per heavy atom. The molecule has 2 aromatic carbocycles. The quantitative estimate of drug-likeness (QED) is 0.250. The Labute approximate surface area is 228 Å². The lowest BCUT2D eigenvalue weighted by Gasteiger charge is -2.28. The zero-order valence-corrected chi connectivity index (χ0v) is 21.9. The number of carboxylic acids is 1. The first-order chi connectivity index (χ1) is 18.2. The molecule has 2 heterocycles. The summed E-state index contributed by atoms with van der Waals surface area (Å²) in [5.41, 5.74) is 0.838. The summed E-state index contributed by atoms with van der Waals surface area (Å²) in [6, 6.07) is 7.92. The molecule has 0 spiro atoms. The van der Waals surface area contributed by atoms with Crippen molar-refractivity contribution in [3.63, 3.8) is 0 Å². The molecule has 3 N–H and O–H groups in total. The summed E-state index contributed by atoms with van der Waals surface area (Å²) in [4.78, 5) is 31.0. The number of amides is 2. The maximum Gasteiger partial charge on any atom is 0.334 e. The van der Waals surface area contributed by atoms with Crippen LogP contribution in [-0.4, -0.2) is 48.3 Å². The van der Waals surface area contributed by atoms with Gasteiger partial charge in [-0.15, -0.1) is 0 Å². The summed E-state index contributed by atoms with van der Waals surface area (Å²) in [5.74, 6) is -2.46. The Hall–Kier alpha value is -3.47. The van der Waals surface area contributed by atoms with Gasteiger partial charge in [-0.25, -0.2) is 18.6 Å². The highest BCUT2D eigenvalue weighted by atomic mass is 35.5. The molecule has 0 unspecified atom stereocenters. The second-order valence-corrected chi connectivity index (χ2v) is 9.38. The Morgan fingerprint density at radius 2 is 1.76 bits per heavy atom. The number of fused-ring (bicyclic) bond motifs is 3. The highest BCUT2D eigenvalue weighted by molar-refractivity contribution is 6.32.